The Labute approximate surface area is 58.5 Å². The Morgan fingerprint density at radius 2 is 1.22 bits per heavy atom. The molecule has 0 heterocycles. The number of hydrogen-bond acceptors (Lipinski definition) is 1. The van der Waals surface area contributed by atoms with Gasteiger partial charge in [-0.2, -0.15) is 12.6 Å². The van der Waals surface area contributed by atoms with E-state index >= 15 is 0 Å². The van der Waals surface area contributed by atoms with E-state index in [9.17, 15) is 0 Å². The number of thiol groups is 1. The van der Waals surface area contributed by atoms with Gasteiger partial charge in [-0.25, -0.2) is 0 Å². The zero-order chi connectivity index (χ0) is 4.41. The fourth-order valence-electron chi connectivity index (χ4n) is 0.904. The average Bonchev–Trinajstić information content (AvgIpc) is 1.86. The van der Waals surface area contributed by atoms with E-state index in [1.807, 2.05) is 0 Å². The number of halogens is 3. The molecule has 0 aromatic rings. The molecule has 0 bridgehead atoms. The topological polar surface area (TPSA) is 0 Å². The molecule has 0 radical (unpaired) electrons. The van der Waals surface area contributed by atoms with Crippen molar-refractivity contribution in [2.45, 2.75) is 30.9 Å². The fourth-order valence-corrected chi connectivity index (χ4v) is 1.27. The predicted molar refractivity (Wildman–Crippen MR) is 38.8 cm³/mol. The van der Waals surface area contributed by atoms with E-state index in [0.717, 1.165) is 5.25 Å². The van der Waals surface area contributed by atoms with Crippen LogP contribution in [0.5, 0.6) is 0 Å². The second kappa shape index (κ2) is 8.14. The van der Waals surface area contributed by atoms with Gasteiger partial charge in [0, 0.05) is 5.25 Å². The summed E-state index contributed by atoms with van der Waals surface area (Å²) in [5, 5.41) is 0.741. The molecule has 0 amide bonds. The van der Waals surface area contributed by atoms with Crippen molar-refractivity contribution < 1.29 is 14.1 Å². The highest BCUT2D eigenvalue weighted by molar-refractivity contribution is 7.80. The van der Waals surface area contributed by atoms with Gasteiger partial charge in [0.05, 0.1) is 0 Å². The average molecular weight is 162 g/mol. The molecule has 0 aromatic heterocycles. The number of hydrogen-bond donors (Lipinski definition) is 1. The van der Waals surface area contributed by atoms with E-state index in [-0.39, 0.29) is 14.1 Å². The van der Waals surface area contributed by atoms with Crippen molar-refractivity contribution in [1.82, 2.24) is 0 Å². The smallest absolute Gasteiger partial charge is 0.00168 e. The molecule has 0 N–H and O–H groups in total. The first kappa shape index (κ1) is 16.1. The van der Waals surface area contributed by atoms with Crippen LogP contribution in [0.2, 0.25) is 0 Å². The third-order valence-corrected chi connectivity index (χ3v) is 1.84. The van der Waals surface area contributed by atoms with Gasteiger partial charge in [0.25, 0.3) is 0 Å². The van der Waals surface area contributed by atoms with Crippen LogP contribution in [0, 0.1) is 0 Å². The lowest BCUT2D eigenvalue weighted by molar-refractivity contribution is 0.886. The van der Waals surface area contributed by atoms with Crippen LogP contribution in [-0.2, 0) is 0 Å². The van der Waals surface area contributed by atoms with E-state index < -0.39 is 0 Å². The molecule has 1 aliphatic rings. The van der Waals surface area contributed by atoms with Gasteiger partial charge < -0.3 is 0 Å². The van der Waals surface area contributed by atoms with Crippen molar-refractivity contribution in [2.75, 3.05) is 0 Å². The van der Waals surface area contributed by atoms with Gasteiger partial charge in [0.2, 0.25) is 0 Å². The van der Waals surface area contributed by atoms with Crippen LogP contribution in [0.4, 0.5) is 14.1 Å². The monoisotopic (exact) mass is 162 g/mol. The highest BCUT2D eigenvalue weighted by atomic mass is 32.1. The van der Waals surface area contributed by atoms with Crippen molar-refractivity contribution in [3.8, 4) is 0 Å². The lowest BCUT2D eigenvalue weighted by Crippen LogP contribution is -1.83. The van der Waals surface area contributed by atoms with E-state index in [1.54, 1.807) is 0 Å². The van der Waals surface area contributed by atoms with Crippen LogP contribution in [0.15, 0.2) is 0 Å². The second-order valence-corrected chi connectivity index (χ2v) is 2.67. The minimum Gasteiger partial charge on any atom is -0.269 e. The Hall–Kier alpha value is 0.140. The minimum absolute atomic E-state index is 0. The Bertz CT molecular complexity index is 45.5. The summed E-state index contributed by atoms with van der Waals surface area (Å²) >= 11 is 4.29. The van der Waals surface area contributed by atoms with Gasteiger partial charge in [-0.1, -0.05) is 12.8 Å². The van der Waals surface area contributed by atoms with Crippen LogP contribution in [0.1, 0.15) is 25.7 Å². The standard InChI is InChI=1S/C5H10S.3FH/c6-5-3-1-2-4-5;;;/h5-6H,1-4H2;3*1H. The summed E-state index contributed by atoms with van der Waals surface area (Å²) in [6, 6.07) is 0. The van der Waals surface area contributed by atoms with E-state index in [4.69, 9.17) is 0 Å². The minimum atomic E-state index is 0. The summed E-state index contributed by atoms with van der Waals surface area (Å²) in [5.41, 5.74) is 0. The Morgan fingerprint density at radius 3 is 1.33 bits per heavy atom. The first-order valence-electron chi connectivity index (χ1n) is 2.57. The van der Waals surface area contributed by atoms with E-state index in [0.29, 0.717) is 0 Å². The molecule has 0 saturated heterocycles. The predicted octanol–water partition coefficient (Wildman–Crippen LogP) is 2.32. The maximum Gasteiger partial charge on any atom is 0.00168 e. The molecule has 4 heteroatoms. The van der Waals surface area contributed by atoms with Crippen LogP contribution >= 0.6 is 12.6 Å². The summed E-state index contributed by atoms with van der Waals surface area (Å²) in [6.07, 6.45) is 5.52. The molecule has 60 valence electrons. The van der Waals surface area contributed by atoms with Crippen LogP contribution in [-0.4, -0.2) is 5.25 Å². The molecule has 0 atom stereocenters. The van der Waals surface area contributed by atoms with Crippen molar-refractivity contribution in [1.29, 1.82) is 0 Å². The third-order valence-electron chi connectivity index (χ3n) is 1.32. The molecular weight excluding hydrogens is 149 g/mol. The summed E-state index contributed by atoms with van der Waals surface area (Å²) in [5.74, 6) is 0. The van der Waals surface area contributed by atoms with Crippen molar-refractivity contribution in [3.05, 3.63) is 0 Å². The summed E-state index contributed by atoms with van der Waals surface area (Å²) < 4.78 is 0. The Balaban J connectivity index is -0.000000120. The molecule has 0 spiro atoms. The van der Waals surface area contributed by atoms with Gasteiger partial charge in [0.15, 0.2) is 0 Å². The molecule has 0 aromatic carbocycles. The van der Waals surface area contributed by atoms with Crippen LogP contribution in [0.3, 0.4) is 0 Å². The van der Waals surface area contributed by atoms with Crippen molar-refractivity contribution in [2.24, 2.45) is 0 Å². The van der Waals surface area contributed by atoms with Gasteiger partial charge >= 0.3 is 0 Å². The molecule has 1 fully saturated rings. The van der Waals surface area contributed by atoms with E-state index in [2.05, 4.69) is 12.6 Å². The summed E-state index contributed by atoms with van der Waals surface area (Å²) in [7, 11) is 0. The maximum absolute atomic E-state index is 4.29. The van der Waals surface area contributed by atoms with Gasteiger partial charge in [0.1, 0.15) is 0 Å². The zero-order valence-electron chi connectivity index (χ0n) is 5.08. The zero-order valence-corrected chi connectivity index (χ0v) is 5.97. The fraction of sp³-hybridized carbons (Fsp3) is 1.00. The first-order chi connectivity index (χ1) is 2.89. The summed E-state index contributed by atoms with van der Waals surface area (Å²) in [6.45, 7) is 0. The van der Waals surface area contributed by atoms with Gasteiger partial charge in [-0.15, -0.1) is 0 Å². The van der Waals surface area contributed by atoms with Gasteiger partial charge in [-0.05, 0) is 12.8 Å². The largest absolute Gasteiger partial charge is 0.269 e. The highest BCUT2D eigenvalue weighted by Crippen LogP contribution is 2.21. The normalized spacial score (nSPS) is 17.0. The Kier molecular flexibility index (Phi) is 14.5. The lowest BCUT2D eigenvalue weighted by Gasteiger charge is -1.90. The maximum atomic E-state index is 4.29. The molecule has 1 rings (SSSR count). The first-order valence-corrected chi connectivity index (χ1v) is 3.09. The highest BCUT2D eigenvalue weighted by Gasteiger charge is 2.08. The van der Waals surface area contributed by atoms with Crippen LogP contribution < -0.4 is 0 Å². The molecule has 9 heavy (non-hydrogen) atoms. The number of rotatable bonds is 0. The Morgan fingerprint density at radius 1 is 0.889 bits per heavy atom. The molecule has 1 saturated carbocycles. The van der Waals surface area contributed by atoms with Crippen molar-refractivity contribution >= 4 is 12.6 Å². The molecule has 0 unspecified atom stereocenters. The molecule has 0 aliphatic heterocycles. The van der Waals surface area contributed by atoms with Crippen molar-refractivity contribution in [3.63, 3.8) is 0 Å². The molecule has 0 nitrogen and oxygen atoms in total. The lowest BCUT2D eigenvalue weighted by atomic mass is 10.4. The van der Waals surface area contributed by atoms with Gasteiger partial charge in [-0.3, -0.25) is 14.1 Å². The third kappa shape index (κ3) is 6.02. The molecular formula is C5H13F3S. The van der Waals surface area contributed by atoms with Crippen LogP contribution in [0.25, 0.3) is 0 Å². The SMILES string of the molecule is F.F.F.SC1CCCC1. The van der Waals surface area contributed by atoms with E-state index in [1.165, 1.54) is 25.7 Å². The summed E-state index contributed by atoms with van der Waals surface area (Å²) in [4.78, 5) is 0. The molecule has 1 aliphatic carbocycles. The second-order valence-electron chi connectivity index (χ2n) is 1.94. The quantitative estimate of drug-likeness (QED) is 0.519.